The number of anilines is 1. The Morgan fingerprint density at radius 2 is 1.42 bits per heavy atom. The van der Waals surface area contributed by atoms with Gasteiger partial charge in [0.1, 0.15) is 0 Å². The van der Waals surface area contributed by atoms with E-state index in [4.69, 9.17) is 4.98 Å². The maximum Gasteiger partial charge on any atom is 0.223 e. The van der Waals surface area contributed by atoms with Gasteiger partial charge in [0.25, 0.3) is 0 Å². The van der Waals surface area contributed by atoms with Crippen molar-refractivity contribution < 1.29 is 4.79 Å². The fraction of sp³-hybridized carbons (Fsp3) is 0.286. The van der Waals surface area contributed by atoms with Gasteiger partial charge < -0.3 is 9.80 Å². The van der Waals surface area contributed by atoms with Gasteiger partial charge >= 0.3 is 0 Å². The van der Waals surface area contributed by atoms with Gasteiger partial charge in [0.2, 0.25) is 5.91 Å². The summed E-state index contributed by atoms with van der Waals surface area (Å²) in [4.78, 5) is 22.6. The number of hydrogen-bond donors (Lipinski definition) is 0. The summed E-state index contributed by atoms with van der Waals surface area (Å²) in [5.41, 5.74) is 6.00. The Morgan fingerprint density at radius 1 is 0.848 bits per heavy atom. The molecule has 0 bridgehead atoms. The number of aromatic nitrogens is 1. The molecule has 0 radical (unpaired) electrons. The van der Waals surface area contributed by atoms with E-state index in [9.17, 15) is 4.79 Å². The van der Waals surface area contributed by atoms with E-state index in [1.54, 1.807) is 11.3 Å². The standard InChI is InChI=1S/C28H29N3OS/c1-20-13-14-21(2)27-26(20)29-28(33-27)31-17-15-30(16-18-31)25(32)19-24(22-9-5-3-6-10-22)23-11-7-4-8-12-23/h3-14,24H,15-19H2,1-2H3. The Bertz CT molecular complexity index is 1170. The van der Waals surface area contributed by atoms with Gasteiger partial charge in [-0.3, -0.25) is 4.79 Å². The van der Waals surface area contributed by atoms with Crippen molar-refractivity contribution in [2.24, 2.45) is 0 Å². The molecule has 0 atom stereocenters. The zero-order chi connectivity index (χ0) is 22.8. The van der Waals surface area contributed by atoms with Gasteiger partial charge in [-0.1, -0.05) is 84.1 Å². The van der Waals surface area contributed by atoms with E-state index >= 15 is 0 Å². The highest BCUT2D eigenvalue weighted by molar-refractivity contribution is 7.22. The van der Waals surface area contributed by atoms with Crippen LogP contribution in [0.15, 0.2) is 72.8 Å². The Hall–Kier alpha value is -3.18. The van der Waals surface area contributed by atoms with Gasteiger partial charge in [-0.25, -0.2) is 4.98 Å². The number of nitrogens with zero attached hydrogens (tertiary/aromatic N) is 3. The van der Waals surface area contributed by atoms with Crippen LogP contribution in [-0.2, 0) is 4.79 Å². The summed E-state index contributed by atoms with van der Waals surface area (Å²) < 4.78 is 1.28. The second-order valence-corrected chi connectivity index (χ2v) is 9.80. The molecule has 4 aromatic rings. The van der Waals surface area contributed by atoms with Crippen molar-refractivity contribution >= 4 is 32.6 Å². The van der Waals surface area contributed by atoms with Crippen LogP contribution in [0.25, 0.3) is 10.2 Å². The third-order valence-corrected chi connectivity index (χ3v) is 7.87. The molecule has 5 rings (SSSR count). The number of benzene rings is 3. The van der Waals surface area contributed by atoms with Crippen LogP contribution in [0.5, 0.6) is 0 Å². The van der Waals surface area contributed by atoms with Crippen LogP contribution in [0.3, 0.4) is 0 Å². The van der Waals surface area contributed by atoms with E-state index in [2.05, 4.69) is 79.4 Å². The molecule has 1 aromatic heterocycles. The molecule has 0 unspecified atom stereocenters. The minimum absolute atomic E-state index is 0.0770. The van der Waals surface area contributed by atoms with Crippen molar-refractivity contribution in [2.45, 2.75) is 26.2 Å². The number of fused-ring (bicyclic) bond motifs is 1. The fourth-order valence-corrected chi connectivity index (χ4v) is 5.80. The first-order chi connectivity index (χ1) is 16.1. The average Bonchev–Trinajstić information content (AvgIpc) is 3.33. The van der Waals surface area contributed by atoms with Crippen molar-refractivity contribution in [1.29, 1.82) is 0 Å². The predicted molar refractivity (Wildman–Crippen MR) is 137 cm³/mol. The molecule has 0 N–H and O–H groups in total. The fourth-order valence-electron chi connectivity index (χ4n) is 4.63. The largest absolute Gasteiger partial charge is 0.345 e. The van der Waals surface area contributed by atoms with E-state index < -0.39 is 0 Å². The number of carbonyl (C=O) groups is 1. The Balaban J connectivity index is 1.28. The van der Waals surface area contributed by atoms with Crippen LogP contribution < -0.4 is 4.90 Å². The molecule has 3 aromatic carbocycles. The van der Waals surface area contributed by atoms with Gasteiger partial charge in [-0.05, 0) is 36.1 Å². The Morgan fingerprint density at radius 3 is 2.00 bits per heavy atom. The van der Waals surface area contributed by atoms with Crippen LogP contribution in [0.4, 0.5) is 5.13 Å². The zero-order valence-corrected chi connectivity index (χ0v) is 20.0. The average molecular weight is 456 g/mol. The van der Waals surface area contributed by atoms with Crippen LogP contribution in [0.1, 0.15) is 34.6 Å². The molecular formula is C28H29N3OS. The first-order valence-corrected chi connectivity index (χ1v) is 12.4. The summed E-state index contributed by atoms with van der Waals surface area (Å²) in [5.74, 6) is 0.302. The second-order valence-electron chi connectivity index (χ2n) is 8.82. The lowest BCUT2D eigenvalue weighted by Gasteiger charge is -2.35. The third kappa shape index (κ3) is 4.51. The number of piperazine rings is 1. The van der Waals surface area contributed by atoms with Crippen molar-refractivity contribution in [1.82, 2.24) is 9.88 Å². The quantitative estimate of drug-likeness (QED) is 0.382. The first kappa shape index (κ1) is 21.7. The number of carbonyl (C=O) groups excluding carboxylic acids is 1. The summed E-state index contributed by atoms with van der Waals surface area (Å²) >= 11 is 1.77. The zero-order valence-electron chi connectivity index (χ0n) is 19.2. The molecule has 1 fully saturated rings. The molecule has 1 saturated heterocycles. The molecule has 0 saturated carbocycles. The number of hydrogen-bond acceptors (Lipinski definition) is 4. The summed E-state index contributed by atoms with van der Waals surface area (Å²) in [5, 5.41) is 1.07. The molecule has 2 heterocycles. The number of amides is 1. The molecule has 5 heteroatoms. The molecule has 168 valence electrons. The molecule has 33 heavy (non-hydrogen) atoms. The SMILES string of the molecule is Cc1ccc(C)c2sc(N3CCN(C(=O)CC(c4ccccc4)c4ccccc4)CC3)nc12. The molecule has 0 aliphatic carbocycles. The van der Waals surface area contributed by atoms with E-state index in [-0.39, 0.29) is 11.8 Å². The van der Waals surface area contributed by atoms with E-state index in [1.807, 2.05) is 17.0 Å². The second kappa shape index (κ2) is 9.36. The Labute approximate surface area is 199 Å². The lowest BCUT2D eigenvalue weighted by Crippen LogP contribution is -2.49. The summed E-state index contributed by atoms with van der Waals surface area (Å²) in [6.45, 7) is 7.40. The van der Waals surface area contributed by atoms with Gasteiger partial charge in [0, 0.05) is 38.5 Å². The van der Waals surface area contributed by atoms with Gasteiger partial charge in [-0.2, -0.15) is 0 Å². The van der Waals surface area contributed by atoms with Crippen LogP contribution in [0, 0.1) is 13.8 Å². The van der Waals surface area contributed by atoms with Crippen LogP contribution in [0.2, 0.25) is 0 Å². The lowest BCUT2D eigenvalue weighted by molar-refractivity contribution is -0.131. The minimum atomic E-state index is 0.0770. The summed E-state index contributed by atoms with van der Waals surface area (Å²) in [6.07, 6.45) is 0.494. The number of aryl methyl sites for hydroxylation is 2. The molecular weight excluding hydrogens is 426 g/mol. The molecule has 1 aliphatic heterocycles. The van der Waals surface area contributed by atoms with Gasteiger partial charge in [0.05, 0.1) is 10.2 Å². The van der Waals surface area contributed by atoms with Crippen molar-refractivity contribution in [3.05, 3.63) is 95.1 Å². The normalized spacial score (nSPS) is 14.3. The minimum Gasteiger partial charge on any atom is -0.345 e. The molecule has 1 aliphatic rings. The molecule has 4 nitrogen and oxygen atoms in total. The van der Waals surface area contributed by atoms with Crippen molar-refractivity contribution in [3.63, 3.8) is 0 Å². The predicted octanol–water partition coefficient (Wildman–Crippen LogP) is 5.78. The number of rotatable bonds is 5. The highest BCUT2D eigenvalue weighted by Gasteiger charge is 2.26. The first-order valence-electron chi connectivity index (χ1n) is 11.6. The van der Waals surface area contributed by atoms with E-state index in [0.717, 1.165) is 36.8 Å². The Kier molecular flexibility index (Phi) is 6.14. The van der Waals surface area contributed by atoms with Crippen molar-refractivity contribution in [2.75, 3.05) is 31.1 Å². The van der Waals surface area contributed by atoms with Crippen molar-refractivity contribution in [3.8, 4) is 0 Å². The number of thiazole rings is 1. The van der Waals surface area contributed by atoms with Gasteiger partial charge in [0.15, 0.2) is 5.13 Å². The van der Waals surface area contributed by atoms with Gasteiger partial charge in [-0.15, -0.1) is 0 Å². The summed E-state index contributed by atoms with van der Waals surface area (Å²) in [7, 11) is 0. The van der Waals surface area contributed by atoms with Crippen LogP contribution in [-0.4, -0.2) is 42.0 Å². The smallest absolute Gasteiger partial charge is 0.223 e. The summed E-state index contributed by atoms with van der Waals surface area (Å²) in [6, 6.07) is 25.1. The van der Waals surface area contributed by atoms with Crippen LogP contribution >= 0.6 is 11.3 Å². The lowest BCUT2D eigenvalue weighted by atomic mass is 9.88. The highest BCUT2D eigenvalue weighted by atomic mass is 32.1. The monoisotopic (exact) mass is 455 g/mol. The molecule has 1 amide bonds. The van der Waals surface area contributed by atoms with E-state index in [0.29, 0.717) is 6.42 Å². The van der Waals surface area contributed by atoms with E-state index in [1.165, 1.54) is 27.0 Å². The third-order valence-electron chi connectivity index (χ3n) is 6.62. The molecule has 0 spiro atoms. The highest BCUT2D eigenvalue weighted by Crippen LogP contribution is 2.34. The topological polar surface area (TPSA) is 36.4 Å². The maximum absolute atomic E-state index is 13.3. The maximum atomic E-state index is 13.3.